The Hall–Kier alpha value is -3.15. The zero-order chi connectivity index (χ0) is 17.9. The quantitative estimate of drug-likeness (QED) is 0.652. The van der Waals surface area contributed by atoms with Crippen molar-refractivity contribution in [1.82, 2.24) is 4.98 Å². The smallest absolute Gasteiger partial charge is 0.340 e. The molecule has 3 rings (SSSR count). The van der Waals surface area contributed by atoms with E-state index < -0.39 is 11.7 Å². The van der Waals surface area contributed by atoms with Gasteiger partial charge in [-0.2, -0.15) is 13.2 Å². The van der Waals surface area contributed by atoms with Gasteiger partial charge in [-0.3, -0.25) is 4.79 Å². The second-order valence-electron chi connectivity index (χ2n) is 5.34. The highest BCUT2D eigenvalue weighted by Crippen LogP contribution is 2.31. The number of aldehydes is 1. The van der Waals surface area contributed by atoms with E-state index >= 15 is 0 Å². The Kier molecular flexibility index (Phi) is 4.52. The van der Waals surface area contributed by atoms with E-state index in [1.165, 1.54) is 12.1 Å². The summed E-state index contributed by atoms with van der Waals surface area (Å²) >= 11 is 0. The van der Waals surface area contributed by atoms with E-state index in [2.05, 4.69) is 10.3 Å². The van der Waals surface area contributed by atoms with Gasteiger partial charge >= 0.3 is 6.18 Å². The van der Waals surface area contributed by atoms with Crippen LogP contribution in [0.15, 0.2) is 66.9 Å². The van der Waals surface area contributed by atoms with Crippen LogP contribution in [0.4, 0.5) is 24.7 Å². The summed E-state index contributed by atoms with van der Waals surface area (Å²) in [5, 5.41) is 2.84. The Morgan fingerprint density at radius 3 is 2.44 bits per heavy atom. The van der Waals surface area contributed by atoms with Crippen LogP contribution in [0, 0.1) is 0 Å². The van der Waals surface area contributed by atoms with Crippen LogP contribution in [0.1, 0.15) is 15.9 Å². The summed E-state index contributed by atoms with van der Waals surface area (Å²) in [6, 6.07) is 15.4. The fourth-order valence-electron chi connectivity index (χ4n) is 2.41. The minimum Gasteiger partial charge on any atom is -0.340 e. The zero-order valence-corrected chi connectivity index (χ0v) is 12.9. The summed E-state index contributed by atoms with van der Waals surface area (Å²) in [6.07, 6.45) is -2.06. The standard InChI is InChI=1S/C19H13F3N2O/c20-19(21,22)15-5-3-6-16(10-15)24-18-9-8-13(11-23-18)17-7-2-1-4-14(17)12-25/h1-12H,(H,23,24). The summed E-state index contributed by atoms with van der Waals surface area (Å²) in [6.45, 7) is 0. The number of anilines is 2. The minimum atomic E-state index is -4.40. The van der Waals surface area contributed by atoms with Crippen molar-refractivity contribution in [3.05, 3.63) is 78.0 Å². The van der Waals surface area contributed by atoms with Gasteiger partial charge in [-0.05, 0) is 35.9 Å². The summed E-state index contributed by atoms with van der Waals surface area (Å²) in [7, 11) is 0. The number of nitrogens with one attached hydrogen (secondary N) is 1. The monoisotopic (exact) mass is 342 g/mol. The van der Waals surface area contributed by atoms with Crippen molar-refractivity contribution in [2.45, 2.75) is 6.18 Å². The molecule has 0 unspecified atom stereocenters. The molecule has 3 nitrogen and oxygen atoms in total. The fourth-order valence-corrected chi connectivity index (χ4v) is 2.41. The first-order valence-corrected chi connectivity index (χ1v) is 7.42. The Morgan fingerprint density at radius 1 is 0.960 bits per heavy atom. The number of hydrogen-bond donors (Lipinski definition) is 1. The molecule has 0 fully saturated rings. The first-order valence-electron chi connectivity index (χ1n) is 7.42. The molecule has 0 aliphatic rings. The lowest BCUT2D eigenvalue weighted by Gasteiger charge is -2.11. The number of benzene rings is 2. The molecule has 0 radical (unpaired) electrons. The van der Waals surface area contributed by atoms with Gasteiger partial charge in [0.1, 0.15) is 5.82 Å². The van der Waals surface area contributed by atoms with Crippen molar-refractivity contribution >= 4 is 17.8 Å². The van der Waals surface area contributed by atoms with Crippen molar-refractivity contribution in [1.29, 1.82) is 0 Å². The molecule has 2 aromatic carbocycles. The molecule has 0 atom stereocenters. The third-order valence-electron chi connectivity index (χ3n) is 3.62. The Bertz CT molecular complexity index is 890. The van der Waals surface area contributed by atoms with Crippen LogP contribution in [-0.4, -0.2) is 11.3 Å². The number of nitrogens with zero attached hydrogens (tertiary/aromatic N) is 1. The van der Waals surface area contributed by atoms with E-state index in [0.29, 0.717) is 17.1 Å². The lowest BCUT2D eigenvalue weighted by Crippen LogP contribution is -2.05. The summed E-state index contributed by atoms with van der Waals surface area (Å²) in [4.78, 5) is 15.3. The van der Waals surface area contributed by atoms with Gasteiger partial charge in [0.25, 0.3) is 0 Å². The van der Waals surface area contributed by atoms with Crippen LogP contribution in [0.5, 0.6) is 0 Å². The topological polar surface area (TPSA) is 42.0 Å². The van der Waals surface area contributed by atoms with Crippen molar-refractivity contribution in [2.75, 3.05) is 5.32 Å². The number of carbonyl (C=O) groups excluding carboxylic acids is 1. The molecule has 1 heterocycles. The SMILES string of the molecule is O=Cc1ccccc1-c1ccc(Nc2cccc(C(F)(F)F)c2)nc1. The third-order valence-corrected chi connectivity index (χ3v) is 3.62. The van der Waals surface area contributed by atoms with Crippen LogP contribution < -0.4 is 5.32 Å². The number of pyridine rings is 1. The maximum Gasteiger partial charge on any atom is 0.416 e. The van der Waals surface area contributed by atoms with Gasteiger partial charge in [-0.1, -0.05) is 30.3 Å². The van der Waals surface area contributed by atoms with Crippen molar-refractivity contribution in [3.63, 3.8) is 0 Å². The molecule has 0 bridgehead atoms. The highest BCUT2D eigenvalue weighted by Gasteiger charge is 2.30. The van der Waals surface area contributed by atoms with Gasteiger partial charge < -0.3 is 5.32 Å². The van der Waals surface area contributed by atoms with Crippen LogP contribution in [0.25, 0.3) is 11.1 Å². The highest BCUT2D eigenvalue weighted by molar-refractivity contribution is 5.87. The predicted octanol–water partition coefficient (Wildman–Crippen LogP) is 5.32. The van der Waals surface area contributed by atoms with E-state index in [1.807, 2.05) is 6.07 Å². The molecular weight excluding hydrogens is 329 g/mol. The van der Waals surface area contributed by atoms with Gasteiger partial charge in [0.15, 0.2) is 6.29 Å². The second kappa shape index (κ2) is 6.76. The predicted molar refractivity (Wildman–Crippen MR) is 89.8 cm³/mol. The molecular formula is C19H13F3N2O. The number of rotatable bonds is 4. The van der Waals surface area contributed by atoms with Gasteiger partial charge in [0.2, 0.25) is 0 Å². The van der Waals surface area contributed by atoms with Gasteiger partial charge in [-0.15, -0.1) is 0 Å². The number of hydrogen-bond acceptors (Lipinski definition) is 3. The van der Waals surface area contributed by atoms with Crippen LogP contribution in [0.3, 0.4) is 0 Å². The Morgan fingerprint density at radius 2 is 1.76 bits per heavy atom. The molecule has 0 saturated carbocycles. The molecule has 0 aliphatic carbocycles. The van der Waals surface area contributed by atoms with Crippen LogP contribution >= 0.6 is 0 Å². The van der Waals surface area contributed by atoms with Crippen LogP contribution in [-0.2, 0) is 6.18 Å². The summed E-state index contributed by atoms with van der Waals surface area (Å²) in [5.41, 5.74) is 1.60. The molecule has 0 saturated heterocycles. The van der Waals surface area contributed by atoms with E-state index in [0.717, 1.165) is 29.5 Å². The van der Waals surface area contributed by atoms with E-state index in [4.69, 9.17) is 0 Å². The number of halogens is 3. The molecule has 126 valence electrons. The number of alkyl halides is 3. The highest BCUT2D eigenvalue weighted by atomic mass is 19.4. The average molecular weight is 342 g/mol. The van der Waals surface area contributed by atoms with E-state index in [1.54, 1.807) is 36.5 Å². The molecule has 6 heteroatoms. The number of carbonyl (C=O) groups is 1. The maximum absolute atomic E-state index is 12.7. The largest absolute Gasteiger partial charge is 0.416 e. The first-order chi connectivity index (χ1) is 12.0. The molecule has 3 aromatic rings. The minimum absolute atomic E-state index is 0.295. The van der Waals surface area contributed by atoms with Crippen molar-refractivity contribution in [2.24, 2.45) is 0 Å². The van der Waals surface area contributed by atoms with Crippen LogP contribution in [0.2, 0.25) is 0 Å². The molecule has 0 amide bonds. The van der Waals surface area contributed by atoms with Gasteiger partial charge in [0.05, 0.1) is 5.56 Å². The summed E-state index contributed by atoms with van der Waals surface area (Å²) in [5.74, 6) is 0.409. The van der Waals surface area contributed by atoms with E-state index in [-0.39, 0.29) is 0 Å². The molecule has 1 aromatic heterocycles. The molecule has 0 aliphatic heterocycles. The van der Waals surface area contributed by atoms with Crippen molar-refractivity contribution in [3.8, 4) is 11.1 Å². The third kappa shape index (κ3) is 3.85. The lowest BCUT2D eigenvalue weighted by molar-refractivity contribution is -0.137. The Labute approximate surface area is 142 Å². The maximum atomic E-state index is 12.7. The molecule has 0 spiro atoms. The van der Waals surface area contributed by atoms with Gasteiger partial charge in [0, 0.05) is 23.0 Å². The number of aromatic nitrogens is 1. The summed E-state index contributed by atoms with van der Waals surface area (Å²) < 4.78 is 38.2. The first kappa shape index (κ1) is 16.7. The molecule has 25 heavy (non-hydrogen) atoms. The lowest BCUT2D eigenvalue weighted by atomic mass is 10.0. The van der Waals surface area contributed by atoms with E-state index in [9.17, 15) is 18.0 Å². The van der Waals surface area contributed by atoms with Crippen molar-refractivity contribution < 1.29 is 18.0 Å². The average Bonchev–Trinajstić information content (AvgIpc) is 2.62. The fraction of sp³-hybridized carbons (Fsp3) is 0.0526. The molecule has 1 N–H and O–H groups in total. The Balaban J connectivity index is 1.83. The van der Waals surface area contributed by atoms with Gasteiger partial charge in [-0.25, -0.2) is 4.98 Å². The normalized spacial score (nSPS) is 11.2. The zero-order valence-electron chi connectivity index (χ0n) is 12.9. The second-order valence-corrected chi connectivity index (χ2v) is 5.34.